The van der Waals surface area contributed by atoms with Crippen LogP contribution in [0.3, 0.4) is 0 Å². The molecular formula is C20H30FIN6O. The topological polar surface area (TPSA) is 66.7 Å². The zero-order valence-corrected chi connectivity index (χ0v) is 19.1. The van der Waals surface area contributed by atoms with Crippen LogP contribution in [0.2, 0.25) is 0 Å². The maximum absolute atomic E-state index is 13.4. The summed E-state index contributed by atoms with van der Waals surface area (Å²) in [6.07, 6.45) is 6.54. The third-order valence-electron chi connectivity index (χ3n) is 4.87. The highest BCUT2D eigenvalue weighted by molar-refractivity contribution is 14.0. The monoisotopic (exact) mass is 516 g/mol. The van der Waals surface area contributed by atoms with Crippen LogP contribution in [-0.2, 0) is 11.3 Å². The van der Waals surface area contributed by atoms with Gasteiger partial charge in [0.1, 0.15) is 5.82 Å². The molecule has 1 aliphatic heterocycles. The minimum Gasteiger partial charge on any atom is -0.379 e. The van der Waals surface area contributed by atoms with Crippen LogP contribution in [0.5, 0.6) is 0 Å². The zero-order chi connectivity index (χ0) is 19.6. The van der Waals surface area contributed by atoms with Gasteiger partial charge in [0.15, 0.2) is 5.96 Å². The third-order valence-corrected chi connectivity index (χ3v) is 4.87. The number of nitrogens with one attached hydrogen (secondary N) is 2. The van der Waals surface area contributed by atoms with E-state index in [9.17, 15) is 4.39 Å². The van der Waals surface area contributed by atoms with Crippen LogP contribution in [0.25, 0.3) is 0 Å². The molecule has 1 aliphatic rings. The summed E-state index contributed by atoms with van der Waals surface area (Å²) in [4.78, 5) is 10.7. The van der Waals surface area contributed by atoms with E-state index >= 15 is 0 Å². The molecule has 2 aromatic rings. The van der Waals surface area contributed by atoms with E-state index in [4.69, 9.17) is 4.74 Å². The molecule has 9 heteroatoms. The highest BCUT2D eigenvalue weighted by atomic mass is 127. The van der Waals surface area contributed by atoms with Gasteiger partial charge in [0.2, 0.25) is 0 Å². The highest BCUT2D eigenvalue weighted by Gasteiger charge is 2.23. The van der Waals surface area contributed by atoms with Crippen molar-refractivity contribution in [3.05, 3.63) is 54.4 Å². The van der Waals surface area contributed by atoms with Crippen molar-refractivity contribution in [2.24, 2.45) is 4.99 Å². The van der Waals surface area contributed by atoms with Crippen molar-refractivity contribution in [3.63, 3.8) is 0 Å². The second kappa shape index (κ2) is 12.8. The normalized spacial score (nSPS) is 16.1. The molecule has 0 amide bonds. The van der Waals surface area contributed by atoms with Crippen LogP contribution in [0.15, 0.2) is 48.0 Å². The van der Waals surface area contributed by atoms with Crippen LogP contribution in [-0.4, -0.2) is 66.9 Å². The van der Waals surface area contributed by atoms with E-state index in [1.54, 1.807) is 13.2 Å². The van der Waals surface area contributed by atoms with E-state index in [1.807, 2.05) is 24.7 Å². The van der Waals surface area contributed by atoms with Gasteiger partial charge in [-0.05, 0) is 24.1 Å². The predicted octanol–water partition coefficient (Wildman–Crippen LogP) is 2.27. The van der Waals surface area contributed by atoms with Crippen LogP contribution < -0.4 is 10.6 Å². The van der Waals surface area contributed by atoms with Crippen LogP contribution >= 0.6 is 24.0 Å². The first-order valence-corrected chi connectivity index (χ1v) is 9.74. The minimum absolute atomic E-state index is 0. The summed E-state index contributed by atoms with van der Waals surface area (Å²) >= 11 is 0. The van der Waals surface area contributed by atoms with Gasteiger partial charge in [0, 0.05) is 52.2 Å². The van der Waals surface area contributed by atoms with Crippen LogP contribution in [0.1, 0.15) is 18.0 Å². The molecule has 1 saturated heterocycles. The summed E-state index contributed by atoms with van der Waals surface area (Å²) in [7, 11) is 1.77. The molecule has 0 radical (unpaired) electrons. The largest absolute Gasteiger partial charge is 0.379 e. The highest BCUT2D eigenvalue weighted by Crippen LogP contribution is 2.21. The average Bonchev–Trinajstić information content (AvgIpc) is 3.25. The maximum atomic E-state index is 13.4. The summed E-state index contributed by atoms with van der Waals surface area (Å²) in [6.45, 7) is 5.58. The number of aryl methyl sites for hydroxylation is 1. The van der Waals surface area contributed by atoms with Crippen molar-refractivity contribution < 1.29 is 9.13 Å². The Bertz CT molecular complexity index is 719. The van der Waals surface area contributed by atoms with E-state index < -0.39 is 0 Å². The van der Waals surface area contributed by atoms with Gasteiger partial charge in [-0.25, -0.2) is 9.37 Å². The first-order valence-electron chi connectivity index (χ1n) is 9.74. The number of rotatable bonds is 8. The lowest BCUT2D eigenvalue weighted by molar-refractivity contribution is 0.0170. The molecule has 1 unspecified atom stereocenters. The van der Waals surface area contributed by atoms with Crippen molar-refractivity contribution in [3.8, 4) is 0 Å². The number of nitrogens with zero attached hydrogens (tertiary/aromatic N) is 4. The number of hydrogen-bond acceptors (Lipinski definition) is 4. The molecule has 1 aromatic carbocycles. The zero-order valence-electron chi connectivity index (χ0n) is 16.8. The summed E-state index contributed by atoms with van der Waals surface area (Å²) in [5, 5.41) is 6.77. The molecule has 3 rings (SSSR count). The predicted molar refractivity (Wildman–Crippen MR) is 123 cm³/mol. The van der Waals surface area contributed by atoms with E-state index in [1.165, 1.54) is 12.1 Å². The van der Waals surface area contributed by atoms with Gasteiger partial charge in [0.05, 0.1) is 25.6 Å². The molecule has 0 bridgehead atoms. The number of hydrogen-bond donors (Lipinski definition) is 2. The minimum atomic E-state index is -0.215. The molecule has 160 valence electrons. The fraction of sp³-hybridized carbons (Fsp3) is 0.500. The molecule has 0 spiro atoms. The second-order valence-electron chi connectivity index (χ2n) is 6.75. The summed E-state index contributed by atoms with van der Waals surface area (Å²) < 4.78 is 20.9. The molecule has 1 aromatic heterocycles. The van der Waals surface area contributed by atoms with Gasteiger partial charge < -0.3 is 19.9 Å². The summed E-state index contributed by atoms with van der Waals surface area (Å²) in [6, 6.07) is 6.89. The third kappa shape index (κ3) is 7.56. The van der Waals surface area contributed by atoms with Crippen LogP contribution in [0, 0.1) is 5.82 Å². The van der Waals surface area contributed by atoms with Gasteiger partial charge >= 0.3 is 0 Å². The quantitative estimate of drug-likeness (QED) is 0.244. The van der Waals surface area contributed by atoms with Crippen molar-refractivity contribution in [2.45, 2.75) is 19.0 Å². The van der Waals surface area contributed by atoms with Crippen molar-refractivity contribution >= 4 is 29.9 Å². The maximum Gasteiger partial charge on any atom is 0.191 e. The second-order valence-corrected chi connectivity index (χ2v) is 6.75. The number of guanidine groups is 1. The fourth-order valence-corrected chi connectivity index (χ4v) is 3.33. The Morgan fingerprint density at radius 2 is 2.00 bits per heavy atom. The number of aromatic nitrogens is 2. The lowest BCUT2D eigenvalue weighted by Crippen LogP contribution is -2.46. The Balaban J connectivity index is 0.00000300. The molecular weight excluding hydrogens is 486 g/mol. The Morgan fingerprint density at radius 3 is 2.66 bits per heavy atom. The molecule has 7 nitrogen and oxygen atoms in total. The van der Waals surface area contributed by atoms with Crippen molar-refractivity contribution in [2.75, 3.05) is 46.4 Å². The Kier molecular flexibility index (Phi) is 10.4. The van der Waals surface area contributed by atoms with Gasteiger partial charge in [-0.1, -0.05) is 12.1 Å². The van der Waals surface area contributed by atoms with Crippen LogP contribution in [0.4, 0.5) is 4.39 Å². The summed E-state index contributed by atoms with van der Waals surface area (Å²) in [5.41, 5.74) is 1.09. The molecule has 1 atom stereocenters. The number of morpholine rings is 1. The fourth-order valence-electron chi connectivity index (χ4n) is 3.33. The lowest BCUT2D eigenvalue weighted by Gasteiger charge is -2.35. The number of aliphatic imine (C=N–C) groups is 1. The molecule has 0 saturated carbocycles. The number of ether oxygens (including phenoxy) is 1. The molecule has 2 N–H and O–H groups in total. The summed E-state index contributed by atoms with van der Waals surface area (Å²) in [5.74, 6) is 0.554. The van der Waals surface area contributed by atoms with Gasteiger partial charge in [-0.2, -0.15) is 0 Å². The smallest absolute Gasteiger partial charge is 0.191 e. The van der Waals surface area contributed by atoms with E-state index in [0.29, 0.717) is 6.54 Å². The molecule has 1 fully saturated rings. The van der Waals surface area contributed by atoms with E-state index in [0.717, 1.165) is 57.3 Å². The van der Waals surface area contributed by atoms with Gasteiger partial charge in [0.25, 0.3) is 0 Å². The SMILES string of the molecule is CN=C(NCCCn1ccnc1)NCC(c1ccc(F)cc1)N1CCOCC1.I. The Labute approximate surface area is 188 Å². The molecule has 2 heterocycles. The number of halogens is 2. The van der Waals surface area contributed by atoms with E-state index in [-0.39, 0.29) is 35.8 Å². The number of imidazole rings is 1. The van der Waals surface area contributed by atoms with Gasteiger partial charge in [-0.3, -0.25) is 9.89 Å². The average molecular weight is 516 g/mol. The standard InChI is InChI=1S/C20H29FN6O.HI/c1-22-20(24-7-2-9-26-10-8-23-16-26)25-15-19(27-11-13-28-14-12-27)17-3-5-18(21)6-4-17;/h3-6,8,10,16,19H,2,7,9,11-15H2,1H3,(H2,22,24,25);1H. The Morgan fingerprint density at radius 1 is 1.24 bits per heavy atom. The Hall–Kier alpha value is -1.72. The molecule has 29 heavy (non-hydrogen) atoms. The van der Waals surface area contributed by atoms with Crippen molar-refractivity contribution in [1.29, 1.82) is 0 Å². The van der Waals surface area contributed by atoms with Gasteiger partial charge in [-0.15, -0.1) is 24.0 Å². The van der Waals surface area contributed by atoms with Crippen molar-refractivity contribution in [1.82, 2.24) is 25.1 Å². The first-order chi connectivity index (χ1) is 13.8. The van der Waals surface area contributed by atoms with E-state index in [2.05, 4.69) is 30.1 Å². The first kappa shape index (κ1) is 23.6. The lowest BCUT2D eigenvalue weighted by atomic mass is 10.0. The number of benzene rings is 1. The molecule has 0 aliphatic carbocycles.